The highest BCUT2D eigenvalue weighted by molar-refractivity contribution is 5.91. The number of carbonyl (C=O) groups excluding carboxylic acids is 1. The molecule has 0 saturated carbocycles. The topological polar surface area (TPSA) is 69.1 Å². The predicted octanol–water partition coefficient (Wildman–Crippen LogP) is 2.01. The number of nitrogens with zero attached hydrogens (tertiary/aromatic N) is 5. The fourth-order valence-corrected chi connectivity index (χ4v) is 2.41. The van der Waals surface area contributed by atoms with Crippen molar-refractivity contribution in [3.8, 4) is 0 Å². The Morgan fingerprint density at radius 2 is 2.13 bits per heavy atom. The fourth-order valence-electron chi connectivity index (χ4n) is 2.41. The van der Waals surface area contributed by atoms with E-state index in [9.17, 15) is 4.79 Å². The van der Waals surface area contributed by atoms with Gasteiger partial charge in [-0.15, -0.1) is 0 Å². The molecule has 0 fully saturated rings. The first kappa shape index (κ1) is 15.1. The van der Waals surface area contributed by atoms with Crippen molar-refractivity contribution in [1.82, 2.24) is 24.5 Å². The smallest absolute Gasteiger partial charge is 0.289 e. The molecule has 0 aliphatic carbocycles. The predicted molar refractivity (Wildman–Crippen MR) is 83.7 cm³/mol. The molecular formula is C16H19N5O2. The van der Waals surface area contributed by atoms with Gasteiger partial charge in [0, 0.05) is 32.2 Å². The summed E-state index contributed by atoms with van der Waals surface area (Å²) >= 11 is 0. The first-order valence-electron chi connectivity index (χ1n) is 7.49. The summed E-state index contributed by atoms with van der Waals surface area (Å²) < 4.78 is 9.26. The summed E-state index contributed by atoms with van der Waals surface area (Å²) in [6.07, 6.45) is 5.30. The molecule has 0 unspecified atom stereocenters. The minimum Gasteiger partial charge on any atom is -0.454 e. The average Bonchev–Trinajstić information content (AvgIpc) is 3.28. The van der Waals surface area contributed by atoms with Crippen LogP contribution in [0, 0.1) is 0 Å². The van der Waals surface area contributed by atoms with E-state index in [-0.39, 0.29) is 5.91 Å². The van der Waals surface area contributed by atoms with E-state index in [4.69, 9.17) is 4.42 Å². The third-order valence-corrected chi connectivity index (χ3v) is 3.60. The Morgan fingerprint density at radius 3 is 2.87 bits per heavy atom. The van der Waals surface area contributed by atoms with Crippen LogP contribution in [0.4, 0.5) is 0 Å². The van der Waals surface area contributed by atoms with Crippen LogP contribution in [0.15, 0.2) is 47.3 Å². The van der Waals surface area contributed by atoms with Gasteiger partial charge in [0.15, 0.2) is 5.76 Å². The first-order valence-corrected chi connectivity index (χ1v) is 7.49. The maximum absolute atomic E-state index is 12.5. The number of furan rings is 1. The summed E-state index contributed by atoms with van der Waals surface area (Å²) in [7, 11) is 1.75. The van der Waals surface area contributed by atoms with E-state index in [0.29, 0.717) is 24.6 Å². The van der Waals surface area contributed by atoms with E-state index in [0.717, 1.165) is 12.2 Å². The Balaban J connectivity index is 1.66. The summed E-state index contributed by atoms with van der Waals surface area (Å²) in [4.78, 5) is 14.1. The second kappa shape index (κ2) is 6.51. The highest BCUT2D eigenvalue weighted by atomic mass is 16.4. The van der Waals surface area contributed by atoms with Crippen molar-refractivity contribution in [2.24, 2.45) is 0 Å². The van der Waals surface area contributed by atoms with Gasteiger partial charge in [0.2, 0.25) is 0 Å². The number of hydrogen-bond acceptors (Lipinski definition) is 4. The molecule has 0 saturated heterocycles. The van der Waals surface area contributed by atoms with Crippen LogP contribution in [0.5, 0.6) is 0 Å². The zero-order valence-electron chi connectivity index (χ0n) is 13.2. The van der Waals surface area contributed by atoms with Gasteiger partial charge in [-0.3, -0.25) is 14.2 Å². The molecule has 120 valence electrons. The van der Waals surface area contributed by atoms with Crippen molar-refractivity contribution in [3.05, 3.63) is 60.1 Å². The summed E-state index contributed by atoms with van der Waals surface area (Å²) in [5.41, 5.74) is 0.992. The largest absolute Gasteiger partial charge is 0.454 e. The first-order chi connectivity index (χ1) is 11.2. The quantitative estimate of drug-likeness (QED) is 0.698. The van der Waals surface area contributed by atoms with Crippen LogP contribution in [0.3, 0.4) is 0 Å². The van der Waals surface area contributed by atoms with E-state index in [1.807, 2.05) is 29.9 Å². The lowest BCUT2D eigenvalue weighted by Crippen LogP contribution is -2.27. The SMILES string of the molecule is CCn1nccc1CN(C)C(=O)c1ccc(Cn2cccn2)o1. The van der Waals surface area contributed by atoms with Gasteiger partial charge in [-0.25, -0.2) is 0 Å². The number of aryl methyl sites for hydroxylation is 1. The lowest BCUT2D eigenvalue weighted by Gasteiger charge is -2.16. The fraction of sp³-hybridized carbons (Fsp3) is 0.312. The molecule has 0 radical (unpaired) electrons. The second-order valence-electron chi connectivity index (χ2n) is 5.27. The van der Waals surface area contributed by atoms with Crippen molar-refractivity contribution in [3.63, 3.8) is 0 Å². The Kier molecular flexibility index (Phi) is 4.27. The monoisotopic (exact) mass is 313 g/mol. The Hall–Kier alpha value is -2.83. The molecule has 3 aromatic heterocycles. The Bertz CT molecular complexity index is 772. The summed E-state index contributed by atoms with van der Waals surface area (Å²) in [5, 5.41) is 8.33. The van der Waals surface area contributed by atoms with Crippen LogP contribution in [0.1, 0.15) is 28.9 Å². The van der Waals surface area contributed by atoms with Crippen LogP contribution < -0.4 is 0 Å². The summed E-state index contributed by atoms with van der Waals surface area (Å²) in [6.45, 7) is 3.79. The zero-order valence-corrected chi connectivity index (χ0v) is 13.2. The number of rotatable bonds is 6. The molecule has 23 heavy (non-hydrogen) atoms. The minimum atomic E-state index is -0.152. The van der Waals surface area contributed by atoms with Gasteiger partial charge in [-0.1, -0.05) is 0 Å². The molecule has 0 bridgehead atoms. The highest BCUT2D eigenvalue weighted by Crippen LogP contribution is 2.13. The second-order valence-corrected chi connectivity index (χ2v) is 5.27. The van der Waals surface area contributed by atoms with Gasteiger partial charge in [-0.05, 0) is 31.2 Å². The van der Waals surface area contributed by atoms with Gasteiger partial charge < -0.3 is 9.32 Å². The maximum Gasteiger partial charge on any atom is 0.289 e. The molecule has 0 atom stereocenters. The lowest BCUT2D eigenvalue weighted by molar-refractivity contribution is 0.0747. The van der Waals surface area contributed by atoms with Crippen molar-refractivity contribution < 1.29 is 9.21 Å². The molecule has 1 amide bonds. The highest BCUT2D eigenvalue weighted by Gasteiger charge is 2.17. The van der Waals surface area contributed by atoms with Gasteiger partial charge in [-0.2, -0.15) is 10.2 Å². The molecule has 7 nitrogen and oxygen atoms in total. The van der Waals surface area contributed by atoms with Crippen molar-refractivity contribution >= 4 is 5.91 Å². The summed E-state index contributed by atoms with van der Waals surface area (Å²) in [5.74, 6) is 0.877. The van der Waals surface area contributed by atoms with Crippen molar-refractivity contribution in [2.75, 3.05) is 7.05 Å². The third-order valence-electron chi connectivity index (χ3n) is 3.60. The molecule has 0 aliphatic heterocycles. The van der Waals surface area contributed by atoms with E-state index in [2.05, 4.69) is 10.2 Å². The van der Waals surface area contributed by atoms with Crippen molar-refractivity contribution in [1.29, 1.82) is 0 Å². The molecule has 7 heteroatoms. The van der Waals surface area contributed by atoms with E-state index < -0.39 is 0 Å². The van der Waals surface area contributed by atoms with Crippen LogP contribution in [-0.2, 0) is 19.6 Å². The van der Waals surface area contributed by atoms with Crippen LogP contribution in [0.25, 0.3) is 0 Å². The molecule has 0 aromatic carbocycles. The molecule has 0 spiro atoms. The van der Waals surface area contributed by atoms with Gasteiger partial charge in [0.05, 0.1) is 18.8 Å². The molecule has 3 heterocycles. The number of amides is 1. The van der Waals surface area contributed by atoms with E-state index in [1.54, 1.807) is 41.2 Å². The normalized spacial score (nSPS) is 10.9. The number of carbonyl (C=O) groups is 1. The average molecular weight is 313 g/mol. The van der Waals surface area contributed by atoms with Crippen LogP contribution >= 0.6 is 0 Å². The van der Waals surface area contributed by atoms with Gasteiger partial charge in [0.1, 0.15) is 5.76 Å². The molecule has 0 aliphatic rings. The minimum absolute atomic E-state index is 0.152. The molecule has 3 rings (SSSR count). The van der Waals surface area contributed by atoms with E-state index in [1.165, 1.54) is 0 Å². The Labute approximate surface area is 134 Å². The zero-order chi connectivity index (χ0) is 16.2. The maximum atomic E-state index is 12.5. The van der Waals surface area contributed by atoms with Gasteiger partial charge >= 0.3 is 0 Å². The standard InChI is InChI=1S/C16H19N5O2/c1-3-21-13(7-9-18-21)11-19(2)16(22)15-6-5-14(23-15)12-20-10-4-8-17-20/h4-10H,3,11-12H2,1-2H3. The van der Waals surface area contributed by atoms with Crippen molar-refractivity contribution in [2.45, 2.75) is 26.6 Å². The number of hydrogen-bond donors (Lipinski definition) is 0. The third kappa shape index (κ3) is 3.33. The van der Waals surface area contributed by atoms with Crippen LogP contribution in [0.2, 0.25) is 0 Å². The summed E-state index contributed by atoms with van der Waals surface area (Å²) in [6, 6.07) is 7.27. The Morgan fingerprint density at radius 1 is 1.26 bits per heavy atom. The van der Waals surface area contributed by atoms with E-state index >= 15 is 0 Å². The molecular weight excluding hydrogens is 294 g/mol. The van der Waals surface area contributed by atoms with Crippen LogP contribution in [-0.4, -0.2) is 37.4 Å². The molecule has 3 aromatic rings. The van der Waals surface area contributed by atoms with Gasteiger partial charge in [0.25, 0.3) is 5.91 Å². The lowest BCUT2D eigenvalue weighted by atomic mass is 10.3. The molecule has 0 N–H and O–H groups in total. The number of aromatic nitrogens is 4.